The zero-order chi connectivity index (χ0) is 18.7. The van der Waals surface area contributed by atoms with Crippen LogP contribution in [0.5, 0.6) is 0 Å². The molecule has 4 fully saturated rings. The molecule has 0 spiro atoms. The highest BCUT2D eigenvalue weighted by molar-refractivity contribution is 5.86. The Morgan fingerprint density at radius 1 is 1.12 bits per heavy atom. The third-order valence-electron chi connectivity index (χ3n) is 8.94. The van der Waals surface area contributed by atoms with E-state index in [-0.39, 0.29) is 23.1 Å². The quantitative estimate of drug-likeness (QED) is 0.818. The molecule has 26 heavy (non-hydrogen) atoms. The molecule has 0 aromatic rings. The smallest absolute Gasteiger partial charge is 0.223 e. The van der Waals surface area contributed by atoms with Crippen LogP contribution in [0.1, 0.15) is 71.6 Å². The number of piperidine rings is 1. The largest absolute Gasteiger partial charge is 0.353 e. The monoisotopic (exact) mass is 360 g/mol. The predicted molar refractivity (Wildman–Crippen MR) is 102 cm³/mol. The van der Waals surface area contributed by atoms with E-state index in [1.165, 1.54) is 38.5 Å². The van der Waals surface area contributed by atoms with Gasteiger partial charge in [-0.05, 0) is 73.5 Å². The molecule has 4 heteroatoms. The Kier molecular flexibility index (Phi) is 4.39. The Labute approximate surface area is 158 Å². The standard InChI is InChI=1S/C22H36N2O2/c1-21-10-5-6-16(21)15-7-8-18-22(2,17(15)9-11-21)13-14(20(26)23-18)12-19(25)24(3)4/h14-18H,5-13H2,1-4H3,(H,23,26)/t14?,15-,16-,17-,18+,21-,22+/m0/s1. The lowest BCUT2D eigenvalue weighted by Gasteiger charge is -2.60. The first-order valence-electron chi connectivity index (χ1n) is 10.8. The fourth-order valence-electron chi connectivity index (χ4n) is 7.45. The third kappa shape index (κ3) is 2.70. The summed E-state index contributed by atoms with van der Waals surface area (Å²) in [4.78, 5) is 26.5. The predicted octanol–water partition coefficient (Wildman–Crippen LogP) is 3.60. The van der Waals surface area contributed by atoms with E-state index >= 15 is 0 Å². The van der Waals surface area contributed by atoms with E-state index in [4.69, 9.17) is 0 Å². The van der Waals surface area contributed by atoms with Crippen LogP contribution in [-0.2, 0) is 9.59 Å². The van der Waals surface area contributed by atoms with Gasteiger partial charge in [0.2, 0.25) is 11.8 Å². The van der Waals surface area contributed by atoms with Crippen LogP contribution < -0.4 is 5.32 Å². The second kappa shape index (κ2) is 6.24. The number of carbonyl (C=O) groups is 2. The maximum absolute atomic E-state index is 12.7. The van der Waals surface area contributed by atoms with E-state index < -0.39 is 0 Å². The van der Waals surface area contributed by atoms with Crippen molar-refractivity contribution in [2.75, 3.05) is 14.1 Å². The van der Waals surface area contributed by atoms with Crippen LogP contribution >= 0.6 is 0 Å². The minimum atomic E-state index is -0.151. The molecule has 2 amide bonds. The molecule has 0 bridgehead atoms. The summed E-state index contributed by atoms with van der Waals surface area (Å²) in [5.74, 6) is 2.47. The third-order valence-corrected chi connectivity index (χ3v) is 8.94. The Morgan fingerprint density at radius 3 is 2.62 bits per heavy atom. The number of rotatable bonds is 2. The molecule has 0 aromatic heterocycles. The number of hydrogen-bond acceptors (Lipinski definition) is 2. The molecule has 0 radical (unpaired) electrons. The van der Waals surface area contributed by atoms with Crippen LogP contribution in [0.4, 0.5) is 0 Å². The Balaban J connectivity index is 1.57. The SMILES string of the molecule is CN(C)C(=O)CC1C[C@@]2(C)[C@@H](CC[C@H]3[C@@H]4CCC[C@@]4(C)CC[C@@H]32)NC1=O. The average Bonchev–Trinajstić information content (AvgIpc) is 2.97. The Hall–Kier alpha value is -1.06. The summed E-state index contributed by atoms with van der Waals surface area (Å²) in [6.07, 6.45) is 10.6. The van der Waals surface area contributed by atoms with Gasteiger partial charge in [0.05, 0.1) is 0 Å². The Bertz CT molecular complexity index is 603. The van der Waals surface area contributed by atoms with Gasteiger partial charge in [0.15, 0.2) is 0 Å². The molecule has 0 aromatic carbocycles. The summed E-state index contributed by atoms with van der Waals surface area (Å²) < 4.78 is 0. The Morgan fingerprint density at radius 2 is 1.88 bits per heavy atom. The normalized spacial score (nSPS) is 47.4. The number of nitrogens with zero attached hydrogens (tertiary/aromatic N) is 1. The highest BCUT2D eigenvalue weighted by atomic mass is 16.2. The molecule has 146 valence electrons. The van der Waals surface area contributed by atoms with Gasteiger partial charge in [-0.2, -0.15) is 0 Å². The summed E-state index contributed by atoms with van der Waals surface area (Å²) in [5.41, 5.74) is 0.737. The van der Waals surface area contributed by atoms with Gasteiger partial charge in [0, 0.05) is 32.5 Å². The highest BCUT2D eigenvalue weighted by Gasteiger charge is 2.59. The van der Waals surface area contributed by atoms with Crippen molar-refractivity contribution >= 4 is 11.8 Å². The topological polar surface area (TPSA) is 49.4 Å². The van der Waals surface area contributed by atoms with Crippen molar-refractivity contribution in [3.05, 3.63) is 0 Å². The molecule has 7 atom stereocenters. The van der Waals surface area contributed by atoms with Crippen LogP contribution in [0.2, 0.25) is 0 Å². The van der Waals surface area contributed by atoms with E-state index in [1.807, 2.05) is 0 Å². The number of nitrogens with one attached hydrogen (secondary N) is 1. The summed E-state index contributed by atoms with van der Waals surface area (Å²) in [6, 6.07) is 0.313. The lowest BCUT2D eigenvalue weighted by molar-refractivity contribution is -0.147. The van der Waals surface area contributed by atoms with Crippen LogP contribution in [0.3, 0.4) is 0 Å². The summed E-state index contributed by atoms with van der Waals surface area (Å²) in [6.45, 7) is 4.97. The van der Waals surface area contributed by atoms with Crippen molar-refractivity contribution in [3.8, 4) is 0 Å². The molecule has 3 aliphatic carbocycles. The molecule has 1 heterocycles. The van der Waals surface area contributed by atoms with Crippen molar-refractivity contribution in [2.45, 2.75) is 77.7 Å². The van der Waals surface area contributed by atoms with E-state index in [0.717, 1.165) is 30.6 Å². The molecule has 1 unspecified atom stereocenters. The van der Waals surface area contributed by atoms with Crippen molar-refractivity contribution in [2.24, 2.45) is 34.5 Å². The van der Waals surface area contributed by atoms with Gasteiger partial charge in [0.1, 0.15) is 0 Å². The van der Waals surface area contributed by atoms with E-state index in [2.05, 4.69) is 19.2 Å². The highest BCUT2D eigenvalue weighted by Crippen LogP contribution is 2.64. The molecule has 4 nitrogen and oxygen atoms in total. The lowest BCUT2D eigenvalue weighted by atomic mass is 9.47. The lowest BCUT2D eigenvalue weighted by Crippen LogP contribution is -2.63. The molecule has 1 N–H and O–H groups in total. The summed E-state index contributed by atoms with van der Waals surface area (Å²) in [7, 11) is 3.57. The average molecular weight is 361 g/mol. The molecular weight excluding hydrogens is 324 g/mol. The van der Waals surface area contributed by atoms with Gasteiger partial charge in [-0.1, -0.05) is 20.3 Å². The van der Waals surface area contributed by atoms with Gasteiger partial charge < -0.3 is 10.2 Å². The van der Waals surface area contributed by atoms with Crippen LogP contribution in [0, 0.1) is 34.5 Å². The number of carbonyl (C=O) groups excluding carboxylic acids is 2. The second-order valence-corrected chi connectivity index (χ2v) is 10.5. The molecule has 1 saturated heterocycles. The van der Waals surface area contributed by atoms with Gasteiger partial charge in [-0.15, -0.1) is 0 Å². The molecule has 4 aliphatic rings. The van der Waals surface area contributed by atoms with Gasteiger partial charge >= 0.3 is 0 Å². The molecule has 3 saturated carbocycles. The van der Waals surface area contributed by atoms with Gasteiger partial charge in [-0.25, -0.2) is 0 Å². The minimum Gasteiger partial charge on any atom is -0.353 e. The van der Waals surface area contributed by atoms with Crippen molar-refractivity contribution in [3.63, 3.8) is 0 Å². The summed E-state index contributed by atoms with van der Waals surface area (Å²) in [5, 5.41) is 3.35. The van der Waals surface area contributed by atoms with Gasteiger partial charge in [-0.3, -0.25) is 9.59 Å². The number of amides is 2. The van der Waals surface area contributed by atoms with E-state index in [0.29, 0.717) is 17.9 Å². The van der Waals surface area contributed by atoms with E-state index in [1.54, 1.807) is 19.0 Å². The maximum Gasteiger partial charge on any atom is 0.223 e. The number of hydrogen-bond donors (Lipinski definition) is 1. The molecule has 4 rings (SSSR count). The van der Waals surface area contributed by atoms with Crippen molar-refractivity contribution in [1.82, 2.24) is 10.2 Å². The first-order chi connectivity index (χ1) is 12.2. The minimum absolute atomic E-state index is 0.0755. The zero-order valence-electron chi connectivity index (χ0n) is 17.0. The molecular formula is C22H36N2O2. The van der Waals surface area contributed by atoms with Crippen LogP contribution in [0.15, 0.2) is 0 Å². The fourth-order valence-corrected chi connectivity index (χ4v) is 7.45. The first-order valence-corrected chi connectivity index (χ1v) is 10.8. The fraction of sp³-hybridized carbons (Fsp3) is 0.909. The maximum atomic E-state index is 12.7. The van der Waals surface area contributed by atoms with Gasteiger partial charge in [0.25, 0.3) is 0 Å². The van der Waals surface area contributed by atoms with Crippen molar-refractivity contribution < 1.29 is 9.59 Å². The zero-order valence-corrected chi connectivity index (χ0v) is 17.0. The van der Waals surface area contributed by atoms with Crippen LogP contribution in [-0.4, -0.2) is 36.9 Å². The van der Waals surface area contributed by atoms with Crippen molar-refractivity contribution in [1.29, 1.82) is 0 Å². The van der Waals surface area contributed by atoms with E-state index in [9.17, 15) is 9.59 Å². The summed E-state index contributed by atoms with van der Waals surface area (Å²) >= 11 is 0. The van der Waals surface area contributed by atoms with Crippen LogP contribution in [0.25, 0.3) is 0 Å². The first kappa shape index (κ1) is 18.3. The second-order valence-electron chi connectivity index (χ2n) is 10.5. The molecule has 1 aliphatic heterocycles. The number of fused-ring (bicyclic) bond motifs is 5.